The summed E-state index contributed by atoms with van der Waals surface area (Å²) in [5.74, 6) is -1.09. The molecule has 1 heterocycles. The van der Waals surface area contributed by atoms with Crippen molar-refractivity contribution >= 4 is 23.7 Å². The summed E-state index contributed by atoms with van der Waals surface area (Å²) in [6, 6.07) is 8.86. The first kappa shape index (κ1) is 39.4. The number of phenols is 2. The Morgan fingerprint density at radius 2 is 1.00 bits per heavy atom. The lowest BCUT2D eigenvalue weighted by molar-refractivity contribution is 0.0951. The number of hydrogen-bond donors (Lipinski definition) is 6. The number of unbranched alkanes of at least 4 members (excludes halogenated alkanes) is 10. The molecule has 0 spiro atoms. The molecule has 14 heteroatoms. The number of carbonyl (C=O) groups excluding carboxylic acids is 2. The highest BCUT2D eigenvalue weighted by atomic mass is 16.5. The second kappa shape index (κ2) is 22.6. The lowest BCUT2D eigenvalue weighted by Crippen LogP contribution is -2.32. The van der Waals surface area contributed by atoms with Gasteiger partial charge in [0.25, 0.3) is 11.8 Å². The zero-order valence-electron chi connectivity index (χ0n) is 29.6. The molecule has 6 N–H and O–H groups in total. The summed E-state index contributed by atoms with van der Waals surface area (Å²) in [7, 11) is 0. The number of hydrogen-bond acceptors (Lipinski definition) is 12. The average Bonchev–Trinajstić information content (AvgIpc) is 3.11. The molecule has 0 saturated carbocycles. The maximum absolute atomic E-state index is 12.8. The molecule has 0 aliphatic heterocycles. The van der Waals surface area contributed by atoms with Gasteiger partial charge < -0.3 is 24.4 Å². The minimum atomic E-state index is -0.654. The topological polar surface area (TPSA) is 189 Å². The van der Waals surface area contributed by atoms with Gasteiger partial charge in [0.05, 0.1) is 30.9 Å². The van der Waals surface area contributed by atoms with Crippen molar-refractivity contribution in [1.82, 2.24) is 25.8 Å². The number of anilines is 2. The number of aromatic hydroxyl groups is 2. The maximum Gasteiger partial charge on any atom is 0.323 e. The van der Waals surface area contributed by atoms with Crippen LogP contribution in [0.1, 0.15) is 125 Å². The summed E-state index contributed by atoms with van der Waals surface area (Å²) in [6.07, 6.45) is 14.3. The Hall–Kier alpha value is -5.01. The first-order chi connectivity index (χ1) is 24.3. The van der Waals surface area contributed by atoms with Crippen molar-refractivity contribution in [3.63, 3.8) is 0 Å². The fourth-order valence-electron chi connectivity index (χ4n) is 4.82. The molecule has 274 valence electrons. The van der Waals surface area contributed by atoms with Gasteiger partial charge in [0.1, 0.15) is 23.0 Å². The zero-order chi connectivity index (χ0) is 36.0. The molecule has 0 aliphatic carbocycles. The number of amides is 2. The van der Waals surface area contributed by atoms with E-state index in [1.807, 2.05) is 6.92 Å². The zero-order valence-corrected chi connectivity index (χ0v) is 29.6. The van der Waals surface area contributed by atoms with Crippen LogP contribution in [0.4, 0.5) is 11.9 Å². The Morgan fingerprint density at radius 3 is 1.42 bits per heavy atom. The first-order valence-corrected chi connectivity index (χ1v) is 17.8. The molecule has 0 radical (unpaired) electrons. The summed E-state index contributed by atoms with van der Waals surface area (Å²) >= 11 is 0. The van der Waals surface area contributed by atoms with E-state index in [9.17, 15) is 19.8 Å². The number of nitrogens with one attached hydrogen (secondary N) is 4. The van der Waals surface area contributed by atoms with E-state index in [2.05, 4.69) is 50.5 Å². The summed E-state index contributed by atoms with van der Waals surface area (Å²) in [5.41, 5.74) is 10.0. The van der Waals surface area contributed by atoms with Crippen molar-refractivity contribution in [2.24, 2.45) is 0 Å². The molecule has 3 rings (SSSR count). The molecule has 14 nitrogen and oxygen atoms in total. The van der Waals surface area contributed by atoms with Crippen LogP contribution < -0.4 is 35.9 Å². The summed E-state index contributed by atoms with van der Waals surface area (Å²) in [4.78, 5) is 38.1. The number of aromatic nitrogens is 3. The SMILES string of the molecule is CCCCCCCCOc1ccc(C(=O)NNc2nc(NNC(=O)c3ccc(OCCCCCCCC)cc3O)nc(OCCC)n2)c(O)c1. The van der Waals surface area contributed by atoms with Gasteiger partial charge in [-0.25, -0.2) is 0 Å². The van der Waals surface area contributed by atoms with E-state index < -0.39 is 11.8 Å². The van der Waals surface area contributed by atoms with Crippen molar-refractivity contribution in [3.05, 3.63) is 47.5 Å². The molecular weight excluding hydrogens is 642 g/mol. The van der Waals surface area contributed by atoms with Crippen LogP contribution in [0.25, 0.3) is 0 Å². The maximum atomic E-state index is 12.8. The number of rotatable bonds is 25. The van der Waals surface area contributed by atoms with E-state index >= 15 is 0 Å². The number of phenolic OH excluding ortho intramolecular Hbond substituents is 2. The minimum Gasteiger partial charge on any atom is -0.507 e. The predicted octanol–water partition coefficient (Wildman–Crippen LogP) is 7.06. The highest BCUT2D eigenvalue weighted by Crippen LogP contribution is 2.25. The van der Waals surface area contributed by atoms with Crippen LogP contribution in [0.5, 0.6) is 29.0 Å². The average molecular weight is 696 g/mol. The molecule has 0 aliphatic rings. The van der Waals surface area contributed by atoms with E-state index in [-0.39, 0.29) is 40.5 Å². The Morgan fingerprint density at radius 1 is 0.560 bits per heavy atom. The molecule has 50 heavy (non-hydrogen) atoms. The fraction of sp³-hybridized carbons (Fsp3) is 0.528. The summed E-state index contributed by atoms with van der Waals surface area (Å²) < 4.78 is 17.0. The first-order valence-electron chi connectivity index (χ1n) is 17.8. The highest BCUT2D eigenvalue weighted by molar-refractivity contribution is 5.98. The van der Waals surface area contributed by atoms with Gasteiger partial charge in [-0.05, 0) is 43.5 Å². The number of hydrazine groups is 2. The lowest BCUT2D eigenvalue weighted by Gasteiger charge is -2.13. The quantitative estimate of drug-likeness (QED) is 0.0391. The van der Waals surface area contributed by atoms with Crippen LogP contribution in [0, 0.1) is 0 Å². The van der Waals surface area contributed by atoms with Gasteiger partial charge in [0.15, 0.2) is 0 Å². The monoisotopic (exact) mass is 695 g/mol. The van der Waals surface area contributed by atoms with Crippen LogP contribution >= 0.6 is 0 Å². The second-order valence-electron chi connectivity index (χ2n) is 11.9. The van der Waals surface area contributed by atoms with Gasteiger partial charge in [-0.2, -0.15) is 15.0 Å². The number of nitrogens with zero attached hydrogens (tertiary/aromatic N) is 3. The van der Waals surface area contributed by atoms with Crippen LogP contribution in [-0.2, 0) is 0 Å². The van der Waals surface area contributed by atoms with Crippen LogP contribution in [0.15, 0.2) is 36.4 Å². The Bertz CT molecular complexity index is 1370. The third-order valence-corrected chi connectivity index (χ3v) is 7.59. The molecule has 2 aromatic carbocycles. The summed E-state index contributed by atoms with van der Waals surface area (Å²) in [5, 5.41) is 20.9. The van der Waals surface area contributed by atoms with E-state index in [4.69, 9.17) is 14.2 Å². The van der Waals surface area contributed by atoms with Gasteiger partial charge in [-0.3, -0.25) is 31.3 Å². The number of carbonyl (C=O) groups is 2. The van der Waals surface area contributed by atoms with Gasteiger partial charge in [-0.1, -0.05) is 85.0 Å². The van der Waals surface area contributed by atoms with Crippen molar-refractivity contribution in [2.45, 2.75) is 104 Å². The highest BCUT2D eigenvalue weighted by Gasteiger charge is 2.16. The number of ether oxygens (including phenoxy) is 3. The molecule has 0 fully saturated rings. The molecular formula is C36H53N7O7. The minimum absolute atomic E-state index is 0.00479. The molecule has 0 saturated heterocycles. The van der Waals surface area contributed by atoms with Crippen LogP contribution in [0.3, 0.4) is 0 Å². The third-order valence-electron chi connectivity index (χ3n) is 7.59. The Balaban J connectivity index is 1.53. The van der Waals surface area contributed by atoms with E-state index in [1.54, 1.807) is 12.1 Å². The van der Waals surface area contributed by atoms with Crippen LogP contribution in [-0.4, -0.2) is 56.8 Å². The van der Waals surface area contributed by atoms with E-state index in [0.29, 0.717) is 37.7 Å². The largest absolute Gasteiger partial charge is 0.507 e. The Kier molecular flexibility index (Phi) is 17.8. The Labute approximate surface area is 294 Å². The lowest BCUT2D eigenvalue weighted by atomic mass is 10.1. The van der Waals surface area contributed by atoms with E-state index in [0.717, 1.165) is 25.7 Å². The normalized spacial score (nSPS) is 10.7. The van der Waals surface area contributed by atoms with Gasteiger partial charge in [0.2, 0.25) is 11.9 Å². The predicted molar refractivity (Wildman–Crippen MR) is 192 cm³/mol. The molecule has 0 atom stereocenters. The number of benzene rings is 2. The van der Waals surface area contributed by atoms with Crippen molar-refractivity contribution in [2.75, 3.05) is 30.7 Å². The standard InChI is InChI=1S/C36H53N7O7/c1-4-7-9-11-13-15-22-48-26-17-19-28(30(44)24-26)32(46)40-42-34-37-35(39-36(38-34)50-21-6-3)43-41-33(47)29-20-18-27(25-31(29)45)49-23-16-14-12-10-8-5-2/h17-20,24-25,44-45H,4-16,21-23H2,1-3H3,(H,40,46)(H,41,47)(H2,37,38,39,42,43). The molecule has 2 amide bonds. The van der Waals surface area contributed by atoms with Gasteiger partial charge in [0, 0.05) is 12.1 Å². The van der Waals surface area contributed by atoms with Crippen molar-refractivity contribution in [1.29, 1.82) is 0 Å². The summed E-state index contributed by atoms with van der Waals surface area (Å²) in [6.45, 7) is 7.64. The fourth-order valence-corrected chi connectivity index (χ4v) is 4.82. The van der Waals surface area contributed by atoms with Gasteiger partial charge >= 0.3 is 6.01 Å². The second-order valence-corrected chi connectivity index (χ2v) is 11.9. The molecule has 3 aromatic rings. The molecule has 1 aromatic heterocycles. The smallest absolute Gasteiger partial charge is 0.323 e. The third kappa shape index (κ3) is 14.2. The van der Waals surface area contributed by atoms with Crippen LogP contribution in [0.2, 0.25) is 0 Å². The van der Waals surface area contributed by atoms with Crippen molar-refractivity contribution < 1.29 is 34.0 Å². The molecule has 0 unspecified atom stereocenters. The van der Waals surface area contributed by atoms with Crippen molar-refractivity contribution in [3.8, 4) is 29.0 Å². The van der Waals surface area contributed by atoms with E-state index in [1.165, 1.54) is 75.6 Å². The van der Waals surface area contributed by atoms with Gasteiger partial charge in [-0.15, -0.1) is 0 Å². The molecule has 0 bridgehead atoms.